The van der Waals surface area contributed by atoms with Gasteiger partial charge in [0.25, 0.3) is 0 Å². The van der Waals surface area contributed by atoms with Gasteiger partial charge in [0.2, 0.25) is 0 Å². The highest BCUT2D eigenvalue weighted by Gasteiger charge is 2.72. The average Bonchev–Trinajstić information content (AvgIpc) is 4.12. The molecule has 0 aliphatic heterocycles. The van der Waals surface area contributed by atoms with Crippen molar-refractivity contribution in [2.45, 2.75) is 138 Å². The Bertz CT molecular complexity index is 3510. The highest BCUT2D eigenvalue weighted by Crippen LogP contribution is 2.75. The molecule has 0 N–H and O–H groups in total. The standard InChI is InChI=1S/C63H70N6O11/c1-58(2)52-21-22-63(7)55(48(72)27-46-47-28-60(4,57(75)76-8)24-23-59(47,3)25-26-62(46,63)6)61(52,5)29-51(79-53(73)32-68-30-40(64-66-68)36-77-49-19-17-38-13-9-11-15-42(38)44(49)34-70)56(58)80-54(74)33-69-31-41(65-67-69)37-78-50-20-18-39-14-10-12-16-43(39)45(50)35-71/h9-20,27,30-31,34-35,47,51-52,55-56H,21-26,28-29,32-33,36-37H2,1-8H3/t47?,51-,52?,55?,56+,59+,60-,61-,62+,63+/m0/s1. The van der Waals surface area contributed by atoms with Crippen LogP contribution in [0.25, 0.3) is 21.5 Å². The molecular formula is C63H70N6O11. The topological polar surface area (TPSA) is 210 Å². The number of aldehydes is 2. The maximum atomic E-state index is 15.5. The molecule has 3 unspecified atom stereocenters. The number of ketones is 1. The molecule has 0 spiro atoms. The fourth-order valence-electron chi connectivity index (χ4n) is 16.0. The van der Waals surface area contributed by atoms with Crippen LogP contribution in [0, 0.1) is 50.2 Å². The van der Waals surface area contributed by atoms with Crippen molar-refractivity contribution in [3.8, 4) is 11.5 Å². The number of carbonyl (C=O) groups is 6. The number of fused-ring (bicyclic) bond motifs is 9. The molecule has 11 rings (SSSR count). The molecule has 17 nitrogen and oxygen atoms in total. The number of hydrogen-bond donors (Lipinski definition) is 0. The smallest absolute Gasteiger partial charge is 0.328 e. The summed E-state index contributed by atoms with van der Waals surface area (Å²) >= 11 is 0. The third kappa shape index (κ3) is 9.08. The SMILES string of the molecule is COC(=O)[C@@]1(C)CC[C@]2(C)CC[C@]3(C)C(=CC(=O)C4[C@@]5(C)C[C@H](OC(=O)Cn6cc(COc7ccc8ccccc8c7C=O)nn6)[C@@H](OC(=O)Cn6cc(COc7ccc8ccccc8c7C=O)nn6)C(C)(C)C5CC[C@]43C)C2C1. The molecule has 0 amide bonds. The number of nitrogens with zero attached hydrogens (tertiary/aromatic N) is 6. The van der Waals surface area contributed by atoms with Crippen molar-refractivity contribution >= 4 is 57.8 Å². The Balaban J connectivity index is 0.856. The van der Waals surface area contributed by atoms with Gasteiger partial charge in [0.05, 0.1) is 36.0 Å². The minimum Gasteiger partial charge on any atom is -0.486 e. The van der Waals surface area contributed by atoms with E-state index in [1.165, 1.54) is 16.5 Å². The van der Waals surface area contributed by atoms with Crippen molar-refractivity contribution in [3.63, 3.8) is 0 Å². The van der Waals surface area contributed by atoms with Crippen molar-refractivity contribution in [1.82, 2.24) is 30.0 Å². The summed E-state index contributed by atoms with van der Waals surface area (Å²) in [5.41, 5.74) is -0.332. The number of rotatable bonds is 15. The van der Waals surface area contributed by atoms with Gasteiger partial charge in [-0.1, -0.05) is 118 Å². The number of allylic oxidation sites excluding steroid dienone is 2. The lowest BCUT2D eigenvalue weighted by Crippen LogP contribution is -2.69. The number of benzene rings is 4. The number of carbonyl (C=O) groups excluding carboxylic acids is 6. The molecule has 2 heterocycles. The molecule has 10 atom stereocenters. The van der Waals surface area contributed by atoms with Gasteiger partial charge in [0, 0.05) is 11.3 Å². The number of esters is 3. The summed E-state index contributed by atoms with van der Waals surface area (Å²) in [5.74, 6) is -1.23. The molecule has 0 saturated heterocycles. The van der Waals surface area contributed by atoms with E-state index >= 15 is 4.79 Å². The van der Waals surface area contributed by atoms with Crippen LogP contribution in [0.4, 0.5) is 0 Å². The summed E-state index contributed by atoms with van der Waals surface area (Å²) < 4.78 is 33.3. The van der Waals surface area contributed by atoms with Crippen LogP contribution in [0.3, 0.4) is 0 Å². The van der Waals surface area contributed by atoms with Crippen LogP contribution in [0.2, 0.25) is 0 Å². The van der Waals surface area contributed by atoms with Crippen LogP contribution in [-0.2, 0) is 59.7 Å². The molecule has 4 saturated carbocycles. The summed E-state index contributed by atoms with van der Waals surface area (Å²) in [4.78, 5) is 81.9. The molecule has 418 valence electrons. The molecular weight excluding hydrogens is 1020 g/mol. The molecule has 0 radical (unpaired) electrons. The molecule has 5 aliphatic carbocycles. The lowest BCUT2D eigenvalue weighted by molar-refractivity contribution is -0.241. The van der Waals surface area contributed by atoms with Gasteiger partial charge in [-0.2, -0.15) is 0 Å². The Morgan fingerprint density at radius 2 is 1.23 bits per heavy atom. The van der Waals surface area contributed by atoms with Gasteiger partial charge in [0.15, 0.2) is 18.4 Å². The summed E-state index contributed by atoms with van der Waals surface area (Å²) in [6.07, 6.45) is 10.5. The zero-order valence-electron chi connectivity index (χ0n) is 46.9. The third-order valence-corrected chi connectivity index (χ3v) is 20.3. The summed E-state index contributed by atoms with van der Waals surface area (Å²) in [7, 11) is 1.45. The van der Waals surface area contributed by atoms with Crippen molar-refractivity contribution < 1.29 is 52.5 Å². The van der Waals surface area contributed by atoms with Gasteiger partial charge in [0.1, 0.15) is 61.4 Å². The third-order valence-electron chi connectivity index (χ3n) is 20.3. The second kappa shape index (κ2) is 20.2. The van der Waals surface area contributed by atoms with E-state index in [0.29, 0.717) is 40.4 Å². The van der Waals surface area contributed by atoms with Gasteiger partial charge < -0.3 is 23.7 Å². The van der Waals surface area contributed by atoms with Gasteiger partial charge in [-0.25, -0.2) is 9.36 Å². The second-order valence-electron chi connectivity index (χ2n) is 25.2. The van der Waals surface area contributed by atoms with Crippen LogP contribution in [0.5, 0.6) is 11.5 Å². The molecule has 5 aliphatic rings. The number of ether oxygens (including phenoxy) is 5. The first kappa shape index (κ1) is 54.4. The van der Waals surface area contributed by atoms with E-state index in [1.807, 2.05) is 73.7 Å². The molecule has 4 aromatic carbocycles. The minimum atomic E-state index is -0.987. The van der Waals surface area contributed by atoms with E-state index in [2.05, 4.69) is 62.2 Å². The van der Waals surface area contributed by atoms with Crippen LogP contribution in [0.1, 0.15) is 132 Å². The summed E-state index contributed by atoms with van der Waals surface area (Å²) in [5, 5.41) is 20.3. The summed E-state index contributed by atoms with van der Waals surface area (Å²) in [6.45, 7) is 14.6. The molecule has 17 heteroatoms. The number of methoxy groups -OCH3 is 1. The van der Waals surface area contributed by atoms with Gasteiger partial charge >= 0.3 is 17.9 Å². The van der Waals surface area contributed by atoms with Crippen molar-refractivity contribution in [1.29, 1.82) is 0 Å². The van der Waals surface area contributed by atoms with E-state index in [1.54, 1.807) is 24.5 Å². The van der Waals surface area contributed by atoms with E-state index in [4.69, 9.17) is 23.7 Å². The van der Waals surface area contributed by atoms with Crippen LogP contribution in [0.15, 0.2) is 96.8 Å². The van der Waals surface area contributed by atoms with Crippen molar-refractivity contribution in [2.24, 2.45) is 50.2 Å². The zero-order chi connectivity index (χ0) is 56.6. The Hall–Kier alpha value is -7.56. The zero-order valence-corrected chi connectivity index (χ0v) is 46.9. The maximum absolute atomic E-state index is 15.5. The predicted octanol–water partition coefficient (Wildman–Crippen LogP) is 10.2. The molecule has 6 aromatic rings. The minimum absolute atomic E-state index is 0.0185. The Kier molecular flexibility index (Phi) is 13.7. The Morgan fingerprint density at radius 3 is 1.79 bits per heavy atom. The van der Waals surface area contributed by atoms with E-state index in [0.717, 1.165) is 78.2 Å². The van der Waals surface area contributed by atoms with Crippen LogP contribution in [-0.4, -0.2) is 85.6 Å². The molecule has 80 heavy (non-hydrogen) atoms. The largest absolute Gasteiger partial charge is 0.486 e. The second-order valence-corrected chi connectivity index (χ2v) is 25.2. The summed E-state index contributed by atoms with van der Waals surface area (Å²) in [6, 6.07) is 22.3. The van der Waals surface area contributed by atoms with Crippen molar-refractivity contribution in [2.75, 3.05) is 7.11 Å². The van der Waals surface area contributed by atoms with Gasteiger partial charge in [-0.3, -0.25) is 28.8 Å². The van der Waals surface area contributed by atoms with Gasteiger partial charge in [-0.05, 0) is 132 Å². The van der Waals surface area contributed by atoms with Crippen LogP contribution >= 0.6 is 0 Å². The van der Waals surface area contributed by atoms with Crippen LogP contribution < -0.4 is 9.47 Å². The Morgan fingerprint density at radius 1 is 0.675 bits per heavy atom. The number of aromatic nitrogens is 6. The fraction of sp³-hybridized carbons (Fsp3) is 0.492. The van der Waals surface area contributed by atoms with Crippen molar-refractivity contribution in [3.05, 3.63) is 119 Å². The quantitative estimate of drug-likeness (QED) is 0.0532. The lowest BCUT2D eigenvalue weighted by Gasteiger charge is -2.71. The monoisotopic (exact) mass is 1090 g/mol. The Labute approximate surface area is 465 Å². The first-order valence-corrected chi connectivity index (χ1v) is 27.9. The van der Waals surface area contributed by atoms with E-state index < -0.39 is 51.7 Å². The van der Waals surface area contributed by atoms with E-state index in [9.17, 15) is 24.0 Å². The van der Waals surface area contributed by atoms with Gasteiger partial charge in [-0.15, -0.1) is 10.2 Å². The van der Waals surface area contributed by atoms with E-state index in [-0.39, 0.29) is 67.1 Å². The highest BCUT2D eigenvalue weighted by molar-refractivity contribution is 6.02. The number of hydrogen-bond acceptors (Lipinski definition) is 15. The first-order valence-electron chi connectivity index (χ1n) is 27.9. The highest BCUT2D eigenvalue weighted by atomic mass is 16.6. The lowest BCUT2D eigenvalue weighted by atomic mass is 9.33. The first-order chi connectivity index (χ1) is 38.2. The molecule has 2 aromatic heterocycles. The molecule has 0 bridgehead atoms. The average molecular weight is 1090 g/mol. The fourth-order valence-corrected chi connectivity index (χ4v) is 16.0. The maximum Gasteiger partial charge on any atom is 0.328 e. The molecule has 4 fully saturated rings. The normalized spacial score (nSPS) is 30.4. The predicted molar refractivity (Wildman–Crippen MR) is 294 cm³/mol.